The van der Waals surface area contributed by atoms with Crippen LogP contribution < -0.4 is 4.72 Å². The molecular weight excluding hydrogens is 302 g/mol. The van der Waals surface area contributed by atoms with Crippen LogP contribution in [0.25, 0.3) is 0 Å². The van der Waals surface area contributed by atoms with E-state index in [1.165, 1.54) is 18.2 Å². The predicted molar refractivity (Wildman–Crippen MR) is 84.9 cm³/mol. The lowest BCUT2D eigenvalue weighted by atomic mass is 10.1. The first-order valence-corrected chi connectivity index (χ1v) is 8.13. The molecule has 0 amide bonds. The average Bonchev–Trinajstić information content (AvgIpc) is 2.43. The summed E-state index contributed by atoms with van der Waals surface area (Å²) in [7, 11) is -3.84. The van der Waals surface area contributed by atoms with E-state index >= 15 is 0 Å². The fourth-order valence-corrected chi connectivity index (χ4v) is 3.58. The highest BCUT2D eigenvalue weighted by molar-refractivity contribution is 7.92. The van der Waals surface area contributed by atoms with Crippen LogP contribution in [0, 0.1) is 20.8 Å². The number of sulfonamides is 1. The van der Waals surface area contributed by atoms with Gasteiger partial charge in [0.25, 0.3) is 10.0 Å². The minimum absolute atomic E-state index is 0.0692. The quantitative estimate of drug-likeness (QED) is 0.907. The van der Waals surface area contributed by atoms with Gasteiger partial charge in [0.15, 0.2) is 0 Å². The number of nitrogens with one attached hydrogen (secondary N) is 1. The lowest BCUT2D eigenvalue weighted by Crippen LogP contribution is -2.15. The number of carbonyl (C=O) groups is 1. The summed E-state index contributed by atoms with van der Waals surface area (Å²) in [5.41, 5.74) is 3.13. The molecular formula is C16H17NO4S. The largest absolute Gasteiger partial charge is 0.478 e. The third kappa shape index (κ3) is 3.28. The Morgan fingerprint density at radius 3 is 2.18 bits per heavy atom. The van der Waals surface area contributed by atoms with Crippen LogP contribution in [0.5, 0.6) is 0 Å². The maximum absolute atomic E-state index is 12.5. The van der Waals surface area contributed by atoms with Gasteiger partial charge in [0.2, 0.25) is 0 Å². The van der Waals surface area contributed by atoms with Crippen LogP contribution in [-0.2, 0) is 10.0 Å². The predicted octanol–water partition coefficient (Wildman–Crippen LogP) is 3.11. The van der Waals surface area contributed by atoms with Gasteiger partial charge in [0.05, 0.1) is 16.1 Å². The normalized spacial score (nSPS) is 11.2. The monoisotopic (exact) mass is 319 g/mol. The number of hydrogen-bond donors (Lipinski definition) is 2. The molecule has 0 aliphatic carbocycles. The van der Waals surface area contributed by atoms with Crippen LogP contribution >= 0.6 is 0 Å². The Morgan fingerprint density at radius 1 is 1.05 bits per heavy atom. The molecule has 0 saturated heterocycles. The summed E-state index contributed by atoms with van der Waals surface area (Å²) in [4.78, 5) is 10.9. The van der Waals surface area contributed by atoms with Crippen molar-refractivity contribution < 1.29 is 18.3 Å². The number of rotatable bonds is 4. The average molecular weight is 319 g/mol. The fourth-order valence-electron chi connectivity index (χ4n) is 2.33. The number of hydrogen-bond acceptors (Lipinski definition) is 3. The minimum Gasteiger partial charge on any atom is -0.478 e. The number of aromatic carboxylic acids is 1. The van der Waals surface area contributed by atoms with Gasteiger partial charge in [-0.3, -0.25) is 4.72 Å². The summed E-state index contributed by atoms with van der Waals surface area (Å²) in [5, 5.41) is 8.97. The summed E-state index contributed by atoms with van der Waals surface area (Å²) in [5.74, 6) is -1.17. The van der Waals surface area contributed by atoms with Crippen molar-refractivity contribution >= 4 is 21.7 Å². The zero-order valence-electron chi connectivity index (χ0n) is 12.5. The molecule has 0 aliphatic rings. The van der Waals surface area contributed by atoms with Crippen LogP contribution in [0.15, 0.2) is 41.3 Å². The first kappa shape index (κ1) is 16.0. The molecule has 0 fully saturated rings. The van der Waals surface area contributed by atoms with Crippen molar-refractivity contribution in [1.29, 1.82) is 0 Å². The zero-order chi connectivity index (χ0) is 16.5. The first-order chi connectivity index (χ1) is 10.2. The molecule has 0 spiro atoms. The van der Waals surface area contributed by atoms with Crippen LogP contribution in [0.3, 0.4) is 0 Å². The van der Waals surface area contributed by atoms with Crippen molar-refractivity contribution in [1.82, 2.24) is 0 Å². The van der Waals surface area contributed by atoms with Crippen molar-refractivity contribution in [3.63, 3.8) is 0 Å². The van der Waals surface area contributed by atoms with E-state index in [-0.39, 0.29) is 10.5 Å². The number of anilines is 1. The van der Waals surface area contributed by atoms with Gasteiger partial charge in [-0.1, -0.05) is 23.8 Å². The van der Waals surface area contributed by atoms with Crippen LogP contribution in [-0.4, -0.2) is 19.5 Å². The molecule has 5 nitrogen and oxygen atoms in total. The van der Waals surface area contributed by atoms with Crippen molar-refractivity contribution in [2.45, 2.75) is 25.7 Å². The van der Waals surface area contributed by atoms with E-state index in [9.17, 15) is 13.2 Å². The van der Waals surface area contributed by atoms with Crippen molar-refractivity contribution in [3.05, 3.63) is 58.7 Å². The van der Waals surface area contributed by atoms with Crippen LogP contribution in [0.1, 0.15) is 27.0 Å². The molecule has 0 radical (unpaired) electrons. The van der Waals surface area contributed by atoms with Crippen molar-refractivity contribution in [2.75, 3.05) is 4.72 Å². The second kappa shape index (κ2) is 5.81. The first-order valence-electron chi connectivity index (χ1n) is 6.65. The van der Waals surface area contributed by atoms with Gasteiger partial charge in [0, 0.05) is 0 Å². The lowest BCUT2D eigenvalue weighted by molar-refractivity contribution is 0.0696. The van der Waals surface area contributed by atoms with Crippen molar-refractivity contribution in [3.8, 4) is 0 Å². The van der Waals surface area contributed by atoms with E-state index in [0.717, 1.165) is 22.8 Å². The van der Waals surface area contributed by atoms with Gasteiger partial charge in [-0.2, -0.15) is 0 Å². The van der Waals surface area contributed by atoms with Gasteiger partial charge in [0.1, 0.15) is 0 Å². The molecule has 116 valence electrons. The fraction of sp³-hybridized carbons (Fsp3) is 0.188. The molecule has 0 aromatic heterocycles. The zero-order valence-corrected chi connectivity index (χ0v) is 13.4. The maximum Gasteiger partial charge on any atom is 0.335 e. The Bertz CT molecular complexity index is 818. The molecule has 2 N–H and O–H groups in total. The standard InChI is InChI=1S/C16H17NO4S/c1-10-7-11(2)15(12(3)8-10)17-22(20,21)14-6-4-5-13(9-14)16(18)19/h4-9,17H,1-3H3,(H,18,19). The highest BCUT2D eigenvalue weighted by Gasteiger charge is 2.18. The Kier molecular flexibility index (Phi) is 4.23. The third-order valence-corrected chi connectivity index (χ3v) is 4.65. The third-order valence-electron chi connectivity index (χ3n) is 3.30. The Morgan fingerprint density at radius 2 is 1.64 bits per heavy atom. The number of aryl methyl sites for hydroxylation is 3. The Labute approximate surface area is 129 Å². The highest BCUT2D eigenvalue weighted by Crippen LogP contribution is 2.25. The van der Waals surface area contributed by atoms with Crippen molar-refractivity contribution in [2.24, 2.45) is 0 Å². The van der Waals surface area contributed by atoms with E-state index in [1.54, 1.807) is 0 Å². The van der Waals surface area contributed by atoms with E-state index < -0.39 is 16.0 Å². The van der Waals surface area contributed by atoms with Gasteiger partial charge in [-0.25, -0.2) is 13.2 Å². The molecule has 6 heteroatoms. The second-order valence-electron chi connectivity index (χ2n) is 5.21. The Balaban J connectivity index is 2.45. The molecule has 2 aromatic rings. The van der Waals surface area contributed by atoms with Crippen LogP contribution in [0.4, 0.5) is 5.69 Å². The molecule has 0 unspecified atom stereocenters. The summed E-state index contributed by atoms with van der Waals surface area (Å²) in [6, 6.07) is 9.05. The van der Waals surface area contributed by atoms with Crippen LogP contribution in [0.2, 0.25) is 0 Å². The van der Waals surface area contributed by atoms with Gasteiger partial charge in [-0.15, -0.1) is 0 Å². The number of carboxylic acids is 1. The summed E-state index contributed by atoms with van der Waals surface area (Å²) in [6.07, 6.45) is 0. The lowest BCUT2D eigenvalue weighted by Gasteiger charge is -2.14. The molecule has 0 heterocycles. The molecule has 0 bridgehead atoms. The summed E-state index contributed by atoms with van der Waals surface area (Å²) in [6.45, 7) is 5.59. The molecule has 2 rings (SSSR count). The van der Waals surface area contributed by atoms with E-state index in [0.29, 0.717) is 5.69 Å². The minimum atomic E-state index is -3.84. The molecule has 2 aromatic carbocycles. The molecule has 0 saturated carbocycles. The number of carboxylic acid groups (broad SMARTS) is 1. The Hall–Kier alpha value is -2.34. The summed E-state index contributed by atoms with van der Waals surface area (Å²) < 4.78 is 27.5. The SMILES string of the molecule is Cc1cc(C)c(NS(=O)(=O)c2cccc(C(=O)O)c2)c(C)c1. The molecule has 22 heavy (non-hydrogen) atoms. The van der Waals surface area contributed by atoms with E-state index in [2.05, 4.69) is 4.72 Å². The highest BCUT2D eigenvalue weighted by atomic mass is 32.2. The molecule has 0 aliphatic heterocycles. The van der Waals surface area contributed by atoms with Gasteiger partial charge in [-0.05, 0) is 50.1 Å². The van der Waals surface area contributed by atoms with E-state index in [4.69, 9.17) is 5.11 Å². The molecule has 0 atom stereocenters. The summed E-state index contributed by atoms with van der Waals surface area (Å²) >= 11 is 0. The van der Waals surface area contributed by atoms with Gasteiger partial charge >= 0.3 is 5.97 Å². The second-order valence-corrected chi connectivity index (χ2v) is 6.89. The van der Waals surface area contributed by atoms with E-state index in [1.807, 2.05) is 32.9 Å². The number of benzene rings is 2. The maximum atomic E-state index is 12.5. The van der Waals surface area contributed by atoms with Gasteiger partial charge < -0.3 is 5.11 Å². The topological polar surface area (TPSA) is 83.5 Å². The smallest absolute Gasteiger partial charge is 0.335 e.